The van der Waals surface area contributed by atoms with Crippen LogP contribution in [0.25, 0.3) is 0 Å². The average molecular weight is 295 g/mol. The fraction of sp³-hybridized carbons (Fsp3) is 0.647. The highest BCUT2D eigenvalue weighted by atomic mass is 28.4. The van der Waals surface area contributed by atoms with E-state index in [0.29, 0.717) is 5.75 Å². The molecule has 0 bridgehead atoms. The zero-order chi connectivity index (χ0) is 15.6. The van der Waals surface area contributed by atoms with Gasteiger partial charge in [-0.3, -0.25) is 0 Å². The van der Waals surface area contributed by atoms with Crippen molar-refractivity contribution in [2.24, 2.45) is 0 Å². The Morgan fingerprint density at radius 1 is 1.00 bits per heavy atom. The Balaban J connectivity index is 3.16. The lowest BCUT2D eigenvalue weighted by molar-refractivity contribution is 0.0939. The number of rotatable bonds is 6. The van der Waals surface area contributed by atoms with E-state index in [1.165, 1.54) is 0 Å². The Hall–Kier alpha value is -0.803. The second kappa shape index (κ2) is 6.31. The summed E-state index contributed by atoms with van der Waals surface area (Å²) in [5.74, 6) is 0.398. The first-order valence-corrected chi connectivity index (χ1v) is 10.2. The van der Waals surface area contributed by atoms with Crippen molar-refractivity contribution in [2.45, 2.75) is 72.2 Å². The van der Waals surface area contributed by atoms with Gasteiger partial charge in [0.2, 0.25) is 0 Å². The van der Waals surface area contributed by atoms with Crippen LogP contribution in [0.3, 0.4) is 0 Å². The van der Waals surface area contributed by atoms with E-state index in [0.717, 1.165) is 34.8 Å². The molecule has 1 N–H and O–H groups in total. The van der Waals surface area contributed by atoms with Crippen LogP contribution in [-0.4, -0.2) is 13.4 Å². The van der Waals surface area contributed by atoms with E-state index in [1.54, 1.807) is 0 Å². The third-order valence-corrected chi connectivity index (χ3v) is 9.40. The third kappa shape index (κ3) is 3.44. The highest BCUT2D eigenvalue weighted by Crippen LogP contribution is 2.36. The quantitative estimate of drug-likeness (QED) is 0.725. The molecule has 0 atom stereocenters. The molecular formula is C17H30O2Si. The number of aryl methyl sites for hydroxylation is 2. The monoisotopic (exact) mass is 294 g/mol. The van der Waals surface area contributed by atoms with Gasteiger partial charge in [0.25, 0.3) is 0 Å². The number of aromatic hydroxyl groups is 1. The van der Waals surface area contributed by atoms with Crippen LogP contribution in [0, 0.1) is 13.8 Å². The first-order chi connectivity index (χ1) is 9.21. The Bertz CT molecular complexity index is 431. The summed E-state index contributed by atoms with van der Waals surface area (Å²) >= 11 is 0. The third-order valence-electron chi connectivity index (χ3n) is 4.59. The minimum absolute atomic E-state index is 0.294. The fourth-order valence-electron chi connectivity index (χ4n) is 2.87. The number of benzene rings is 1. The average Bonchev–Trinajstić information content (AvgIpc) is 2.41. The molecule has 0 aliphatic carbocycles. The summed E-state index contributed by atoms with van der Waals surface area (Å²) in [5.41, 5.74) is 2.72. The molecule has 3 heteroatoms. The van der Waals surface area contributed by atoms with Crippen molar-refractivity contribution in [3.05, 3.63) is 28.8 Å². The Morgan fingerprint density at radius 3 is 1.75 bits per heavy atom. The predicted molar refractivity (Wildman–Crippen MR) is 88.9 cm³/mol. The predicted octanol–water partition coefficient (Wildman–Crippen LogP) is 5.27. The summed E-state index contributed by atoms with van der Waals surface area (Å²) in [6.45, 7) is 15.0. The summed E-state index contributed by atoms with van der Waals surface area (Å²) in [6, 6.07) is 7.57. The largest absolute Gasteiger partial charge is 0.507 e. The maximum atomic E-state index is 9.94. The lowest BCUT2D eigenvalue weighted by atomic mass is 9.94. The maximum Gasteiger partial charge on any atom is 0.193 e. The molecule has 0 fully saturated rings. The molecule has 0 heterocycles. The normalized spacial score (nSPS) is 12.8. The standard InChI is InChI=1S/C17H30O2Si/c1-8-20(9-2,10-3)19-17(6,7)15-11-13(4)16(18)14(5)12-15/h11-12,18H,8-10H2,1-7H3. The number of phenols is 1. The lowest BCUT2D eigenvalue weighted by Crippen LogP contribution is -2.43. The van der Waals surface area contributed by atoms with E-state index < -0.39 is 8.32 Å². The molecule has 0 aromatic heterocycles. The molecule has 0 aliphatic rings. The molecule has 0 aliphatic heterocycles. The molecule has 1 rings (SSSR count). The summed E-state index contributed by atoms with van der Waals surface area (Å²) < 4.78 is 6.67. The van der Waals surface area contributed by atoms with Gasteiger partial charge in [-0.2, -0.15) is 0 Å². The smallest absolute Gasteiger partial charge is 0.193 e. The van der Waals surface area contributed by atoms with Crippen molar-refractivity contribution < 1.29 is 9.53 Å². The molecule has 0 radical (unpaired) electrons. The Kier molecular flexibility index (Phi) is 5.44. The molecule has 1 aromatic rings. The molecular weight excluding hydrogens is 264 g/mol. The van der Waals surface area contributed by atoms with Crippen molar-refractivity contribution in [3.8, 4) is 5.75 Å². The molecule has 0 spiro atoms. The SMILES string of the molecule is CC[Si](CC)(CC)OC(C)(C)c1cc(C)c(O)c(C)c1. The molecule has 114 valence electrons. The highest BCUT2D eigenvalue weighted by molar-refractivity contribution is 6.73. The van der Waals surface area contributed by atoms with Gasteiger partial charge in [0.1, 0.15) is 5.75 Å². The molecule has 0 unspecified atom stereocenters. The van der Waals surface area contributed by atoms with E-state index in [2.05, 4.69) is 46.8 Å². The van der Waals surface area contributed by atoms with Crippen LogP contribution >= 0.6 is 0 Å². The highest BCUT2D eigenvalue weighted by Gasteiger charge is 2.36. The van der Waals surface area contributed by atoms with E-state index in [4.69, 9.17) is 4.43 Å². The topological polar surface area (TPSA) is 29.5 Å². The van der Waals surface area contributed by atoms with Gasteiger partial charge in [-0.1, -0.05) is 20.8 Å². The van der Waals surface area contributed by atoms with Crippen molar-refractivity contribution in [2.75, 3.05) is 0 Å². The zero-order valence-corrected chi connectivity index (χ0v) is 15.1. The summed E-state index contributed by atoms with van der Waals surface area (Å²) in [4.78, 5) is 0. The molecule has 1 aromatic carbocycles. The lowest BCUT2D eigenvalue weighted by Gasteiger charge is -2.39. The van der Waals surface area contributed by atoms with Crippen LogP contribution in [0.4, 0.5) is 0 Å². The fourth-order valence-corrected chi connectivity index (χ4v) is 6.00. The van der Waals surface area contributed by atoms with Crippen LogP contribution in [-0.2, 0) is 10.0 Å². The molecule has 2 nitrogen and oxygen atoms in total. The van der Waals surface area contributed by atoms with Crippen LogP contribution in [0.5, 0.6) is 5.75 Å². The van der Waals surface area contributed by atoms with E-state index >= 15 is 0 Å². The van der Waals surface area contributed by atoms with Gasteiger partial charge in [-0.25, -0.2) is 0 Å². The van der Waals surface area contributed by atoms with Crippen LogP contribution in [0.15, 0.2) is 12.1 Å². The van der Waals surface area contributed by atoms with E-state index in [-0.39, 0.29) is 5.60 Å². The molecule has 20 heavy (non-hydrogen) atoms. The summed E-state index contributed by atoms with van der Waals surface area (Å²) in [6.07, 6.45) is 0. The first kappa shape index (κ1) is 17.2. The molecule has 0 saturated heterocycles. The molecule has 0 saturated carbocycles. The Labute approximate surface area is 125 Å². The second-order valence-corrected chi connectivity index (χ2v) is 11.0. The van der Waals surface area contributed by atoms with Gasteiger partial charge < -0.3 is 9.53 Å². The van der Waals surface area contributed by atoms with Crippen molar-refractivity contribution in [1.29, 1.82) is 0 Å². The summed E-state index contributed by atoms with van der Waals surface area (Å²) in [5, 5.41) is 9.94. The van der Waals surface area contributed by atoms with Crippen molar-refractivity contribution in [1.82, 2.24) is 0 Å². The van der Waals surface area contributed by atoms with Gasteiger partial charge in [0.05, 0.1) is 5.60 Å². The van der Waals surface area contributed by atoms with Crippen molar-refractivity contribution >= 4 is 8.32 Å². The minimum atomic E-state index is -1.65. The maximum absolute atomic E-state index is 9.94. The van der Waals surface area contributed by atoms with E-state index in [1.807, 2.05) is 13.8 Å². The zero-order valence-electron chi connectivity index (χ0n) is 14.1. The summed E-state index contributed by atoms with van der Waals surface area (Å²) in [7, 11) is -1.65. The second-order valence-electron chi connectivity index (χ2n) is 6.31. The molecule has 0 amide bonds. The number of hydrogen-bond acceptors (Lipinski definition) is 2. The van der Waals surface area contributed by atoms with Gasteiger partial charge in [0.15, 0.2) is 8.32 Å². The van der Waals surface area contributed by atoms with Crippen LogP contribution < -0.4 is 0 Å². The number of phenolic OH excluding ortho intramolecular Hbond substituents is 1. The van der Waals surface area contributed by atoms with Gasteiger partial charge in [0, 0.05) is 0 Å². The van der Waals surface area contributed by atoms with Gasteiger partial charge >= 0.3 is 0 Å². The van der Waals surface area contributed by atoms with Crippen LogP contribution in [0.1, 0.15) is 51.3 Å². The number of hydrogen-bond donors (Lipinski definition) is 1. The van der Waals surface area contributed by atoms with Gasteiger partial charge in [-0.05, 0) is 74.7 Å². The van der Waals surface area contributed by atoms with Crippen molar-refractivity contribution in [3.63, 3.8) is 0 Å². The van der Waals surface area contributed by atoms with Gasteiger partial charge in [-0.15, -0.1) is 0 Å². The van der Waals surface area contributed by atoms with Crippen LogP contribution in [0.2, 0.25) is 18.1 Å². The van der Waals surface area contributed by atoms with E-state index in [9.17, 15) is 5.11 Å². The first-order valence-electron chi connectivity index (χ1n) is 7.72. The minimum Gasteiger partial charge on any atom is -0.507 e. The Morgan fingerprint density at radius 2 is 1.40 bits per heavy atom.